The molecule has 1 saturated heterocycles. The van der Waals surface area contributed by atoms with E-state index in [9.17, 15) is 18.4 Å². The number of carbonyl (C=O) groups excluding carboxylic acids is 2. The Morgan fingerprint density at radius 3 is 2.58 bits per heavy atom. The minimum Gasteiger partial charge on any atom is -0.495 e. The summed E-state index contributed by atoms with van der Waals surface area (Å²) in [5, 5.41) is 5.35. The van der Waals surface area contributed by atoms with Crippen LogP contribution in [0, 0.1) is 11.6 Å². The molecule has 1 aliphatic rings. The van der Waals surface area contributed by atoms with Crippen LogP contribution in [-0.2, 0) is 9.59 Å². The Bertz CT molecular complexity index is 860. The van der Waals surface area contributed by atoms with E-state index >= 15 is 0 Å². The Morgan fingerprint density at radius 2 is 1.92 bits per heavy atom. The molecule has 2 aromatic carbocycles. The van der Waals surface area contributed by atoms with Crippen molar-refractivity contribution < 1.29 is 23.1 Å². The second-order valence-electron chi connectivity index (χ2n) is 5.69. The highest BCUT2D eigenvalue weighted by molar-refractivity contribution is 7.99. The number of hydrogen-bond donors (Lipinski definition) is 2. The Kier molecular flexibility index (Phi) is 5.41. The van der Waals surface area contributed by atoms with E-state index in [2.05, 4.69) is 10.6 Å². The molecular weight excluding hydrogens is 362 g/mol. The van der Waals surface area contributed by atoms with Crippen molar-refractivity contribution in [2.45, 2.75) is 28.7 Å². The van der Waals surface area contributed by atoms with Crippen LogP contribution in [-0.4, -0.2) is 25.0 Å². The molecule has 5 nitrogen and oxygen atoms in total. The van der Waals surface area contributed by atoms with E-state index in [4.69, 9.17) is 4.74 Å². The first-order valence-electron chi connectivity index (χ1n) is 7.87. The van der Waals surface area contributed by atoms with Crippen LogP contribution in [0.2, 0.25) is 0 Å². The van der Waals surface area contributed by atoms with Gasteiger partial charge in [-0.2, -0.15) is 0 Å². The molecule has 2 aromatic rings. The lowest BCUT2D eigenvalue weighted by Crippen LogP contribution is -2.37. The van der Waals surface area contributed by atoms with Crippen LogP contribution in [0.15, 0.2) is 46.2 Å². The molecule has 1 unspecified atom stereocenters. The molecule has 1 heterocycles. The van der Waals surface area contributed by atoms with Gasteiger partial charge in [0.1, 0.15) is 11.8 Å². The average molecular weight is 378 g/mol. The number of hydrogen-bond acceptors (Lipinski definition) is 4. The fourth-order valence-corrected chi connectivity index (χ4v) is 3.44. The van der Waals surface area contributed by atoms with Crippen LogP contribution in [0.5, 0.6) is 5.75 Å². The van der Waals surface area contributed by atoms with Crippen molar-refractivity contribution in [3.05, 3.63) is 48.0 Å². The molecule has 136 valence electrons. The lowest BCUT2D eigenvalue weighted by molar-refractivity contribution is -0.122. The van der Waals surface area contributed by atoms with Crippen LogP contribution in [0.1, 0.15) is 12.8 Å². The van der Waals surface area contributed by atoms with Crippen LogP contribution >= 0.6 is 11.8 Å². The highest BCUT2D eigenvalue weighted by atomic mass is 32.2. The molecule has 0 aromatic heterocycles. The molecular formula is C18H16F2N2O3S. The zero-order chi connectivity index (χ0) is 18.7. The van der Waals surface area contributed by atoms with Gasteiger partial charge >= 0.3 is 0 Å². The molecule has 0 saturated carbocycles. The molecule has 0 radical (unpaired) electrons. The van der Waals surface area contributed by atoms with Crippen molar-refractivity contribution in [3.8, 4) is 5.75 Å². The maximum atomic E-state index is 13.4. The quantitative estimate of drug-likeness (QED) is 0.837. The van der Waals surface area contributed by atoms with Crippen molar-refractivity contribution in [1.82, 2.24) is 5.32 Å². The molecule has 1 fully saturated rings. The smallest absolute Gasteiger partial charge is 0.247 e. The maximum absolute atomic E-state index is 13.4. The monoisotopic (exact) mass is 378 g/mol. The SMILES string of the molecule is COc1ccc(Sc2ccc(F)c(F)c2)cc1NC(=O)C1CCC(=O)N1. The van der Waals surface area contributed by atoms with Crippen molar-refractivity contribution in [2.75, 3.05) is 12.4 Å². The summed E-state index contributed by atoms with van der Waals surface area (Å²) in [7, 11) is 1.48. The molecule has 0 aliphatic carbocycles. The third-order valence-corrected chi connectivity index (χ3v) is 4.85. The maximum Gasteiger partial charge on any atom is 0.247 e. The lowest BCUT2D eigenvalue weighted by Gasteiger charge is -2.15. The van der Waals surface area contributed by atoms with Crippen LogP contribution in [0.25, 0.3) is 0 Å². The van der Waals surface area contributed by atoms with Crippen LogP contribution < -0.4 is 15.4 Å². The van der Waals surface area contributed by atoms with Gasteiger partial charge in [0.25, 0.3) is 0 Å². The van der Waals surface area contributed by atoms with Gasteiger partial charge in [0, 0.05) is 16.2 Å². The zero-order valence-electron chi connectivity index (χ0n) is 13.8. The average Bonchev–Trinajstić information content (AvgIpc) is 3.05. The van der Waals surface area contributed by atoms with Gasteiger partial charge < -0.3 is 15.4 Å². The summed E-state index contributed by atoms with van der Waals surface area (Å²) < 4.78 is 31.6. The van der Waals surface area contributed by atoms with E-state index < -0.39 is 17.7 Å². The van der Waals surface area contributed by atoms with E-state index in [1.165, 1.54) is 24.9 Å². The van der Waals surface area contributed by atoms with Gasteiger partial charge in [0.15, 0.2) is 11.6 Å². The molecule has 1 aliphatic heterocycles. The second-order valence-corrected chi connectivity index (χ2v) is 6.84. The highest BCUT2D eigenvalue weighted by Crippen LogP contribution is 2.34. The van der Waals surface area contributed by atoms with E-state index in [-0.39, 0.29) is 11.8 Å². The Hall–Kier alpha value is -2.61. The van der Waals surface area contributed by atoms with Gasteiger partial charge in [-0.25, -0.2) is 8.78 Å². The summed E-state index contributed by atoms with van der Waals surface area (Å²) in [6.45, 7) is 0. The first-order valence-corrected chi connectivity index (χ1v) is 8.69. The number of rotatable bonds is 5. The Balaban J connectivity index is 1.78. The molecule has 2 amide bonds. The number of halogens is 2. The van der Waals surface area contributed by atoms with Crippen molar-refractivity contribution in [1.29, 1.82) is 0 Å². The Labute approximate surface area is 153 Å². The van der Waals surface area contributed by atoms with Gasteiger partial charge in [0.2, 0.25) is 11.8 Å². The predicted molar refractivity (Wildman–Crippen MR) is 93.3 cm³/mol. The first-order chi connectivity index (χ1) is 12.5. The van der Waals surface area contributed by atoms with Gasteiger partial charge in [-0.15, -0.1) is 0 Å². The number of methoxy groups -OCH3 is 1. The van der Waals surface area contributed by atoms with Crippen LogP contribution in [0.4, 0.5) is 14.5 Å². The third-order valence-electron chi connectivity index (χ3n) is 3.87. The highest BCUT2D eigenvalue weighted by Gasteiger charge is 2.27. The van der Waals surface area contributed by atoms with Gasteiger partial charge in [-0.05, 0) is 42.8 Å². The number of benzene rings is 2. The topological polar surface area (TPSA) is 67.4 Å². The largest absolute Gasteiger partial charge is 0.495 e. The molecule has 2 N–H and O–H groups in total. The van der Waals surface area contributed by atoms with Gasteiger partial charge in [-0.3, -0.25) is 9.59 Å². The van der Waals surface area contributed by atoms with Gasteiger partial charge in [0.05, 0.1) is 12.8 Å². The van der Waals surface area contributed by atoms with E-state index in [0.717, 1.165) is 12.1 Å². The fourth-order valence-electron chi connectivity index (χ4n) is 2.56. The third kappa shape index (κ3) is 4.13. The molecule has 1 atom stereocenters. The standard InChI is InChI=1S/C18H16F2N2O3S/c1-25-16-6-3-11(26-10-2-4-12(19)13(20)8-10)9-15(16)22-18(24)14-5-7-17(23)21-14/h2-4,6,8-9,14H,5,7H2,1H3,(H,21,23)(H,22,24). The summed E-state index contributed by atoms with van der Waals surface area (Å²) in [4.78, 5) is 24.8. The zero-order valence-corrected chi connectivity index (χ0v) is 14.7. The number of nitrogens with one attached hydrogen (secondary N) is 2. The molecule has 3 rings (SSSR count). The van der Waals surface area contributed by atoms with Crippen LogP contribution in [0.3, 0.4) is 0 Å². The minimum absolute atomic E-state index is 0.153. The van der Waals surface area contributed by atoms with E-state index in [1.807, 2.05) is 0 Å². The van der Waals surface area contributed by atoms with Crippen molar-refractivity contribution in [2.24, 2.45) is 0 Å². The predicted octanol–water partition coefficient (Wildman–Crippen LogP) is 3.34. The number of amides is 2. The van der Waals surface area contributed by atoms with Gasteiger partial charge in [-0.1, -0.05) is 11.8 Å². The summed E-state index contributed by atoms with van der Waals surface area (Å²) in [5.74, 6) is -1.86. The number of ether oxygens (including phenoxy) is 1. The van der Waals surface area contributed by atoms with Crippen molar-refractivity contribution in [3.63, 3.8) is 0 Å². The summed E-state index contributed by atoms with van der Waals surface area (Å²) in [6.07, 6.45) is 0.761. The minimum atomic E-state index is -0.922. The van der Waals surface area contributed by atoms with E-state index in [1.54, 1.807) is 18.2 Å². The molecule has 0 spiro atoms. The summed E-state index contributed by atoms with van der Waals surface area (Å²) in [5.41, 5.74) is 0.436. The number of carbonyl (C=O) groups is 2. The molecule has 26 heavy (non-hydrogen) atoms. The number of anilines is 1. The van der Waals surface area contributed by atoms with Crippen molar-refractivity contribution >= 4 is 29.3 Å². The Morgan fingerprint density at radius 1 is 1.19 bits per heavy atom. The molecule has 0 bridgehead atoms. The first kappa shape index (κ1) is 18.2. The normalized spacial score (nSPS) is 16.3. The lowest BCUT2D eigenvalue weighted by atomic mass is 10.2. The summed E-state index contributed by atoms with van der Waals surface area (Å²) >= 11 is 1.22. The van der Waals surface area contributed by atoms with E-state index in [0.29, 0.717) is 34.1 Å². The second kappa shape index (κ2) is 7.74. The summed E-state index contributed by atoms with van der Waals surface area (Å²) in [6, 6.07) is 8.17. The fraction of sp³-hybridized carbons (Fsp3) is 0.222. The molecule has 8 heteroatoms.